The SMILES string of the molecule is COc1cc(C(=O)N[C@H](c2ccc(C)cc2)C2CC2)cc(OC)c1OC. The average molecular weight is 355 g/mol. The molecule has 1 atom stereocenters. The van der Waals surface area contributed by atoms with Crippen molar-refractivity contribution < 1.29 is 19.0 Å². The first-order chi connectivity index (χ1) is 12.6. The zero-order chi connectivity index (χ0) is 18.7. The number of carbonyl (C=O) groups is 1. The Morgan fingerprint density at radius 2 is 1.58 bits per heavy atom. The van der Waals surface area contributed by atoms with E-state index in [1.807, 2.05) is 0 Å². The van der Waals surface area contributed by atoms with Gasteiger partial charge in [0.2, 0.25) is 5.75 Å². The van der Waals surface area contributed by atoms with Crippen LogP contribution in [0, 0.1) is 12.8 Å². The number of methoxy groups -OCH3 is 3. The van der Waals surface area contributed by atoms with Crippen molar-refractivity contribution in [3.8, 4) is 17.2 Å². The molecule has 0 heterocycles. The maximum atomic E-state index is 12.9. The molecule has 0 bridgehead atoms. The minimum atomic E-state index is -0.151. The topological polar surface area (TPSA) is 56.8 Å². The highest BCUT2D eigenvalue weighted by Crippen LogP contribution is 2.42. The van der Waals surface area contributed by atoms with Gasteiger partial charge >= 0.3 is 0 Å². The van der Waals surface area contributed by atoms with E-state index in [-0.39, 0.29) is 11.9 Å². The Labute approximate surface area is 154 Å². The number of benzene rings is 2. The molecule has 0 unspecified atom stereocenters. The summed E-state index contributed by atoms with van der Waals surface area (Å²) in [5.74, 6) is 1.75. The molecule has 1 N–H and O–H groups in total. The van der Waals surface area contributed by atoms with Crippen LogP contribution in [0.2, 0.25) is 0 Å². The van der Waals surface area contributed by atoms with E-state index in [1.165, 1.54) is 19.8 Å². The van der Waals surface area contributed by atoms with Crippen molar-refractivity contribution in [3.63, 3.8) is 0 Å². The van der Waals surface area contributed by atoms with Crippen LogP contribution in [0.3, 0.4) is 0 Å². The van der Waals surface area contributed by atoms with Crippen molar-refractivity contribution in [3.05, 3.63) is 53.1 Å². The summed E-state index contributed by atoms with van der Waals surface area (Å²) in [6.45, 7) is 2.06. The van der Waals surface area contributed by atoms with Crippen molar-refractivity contribution in [1.29, 1.82) is 0 Å². The molecule has 1 fully saturated rings. The van der Waals surface area contributed by atoms with Gasteiger partial charge in [-0.2, -0.15) is 0 Å². The van der Waals surface area contributed by atoms with Gasteiger partial charge < -0.3 is 19.5 Å². The highest BCUT2D eigenvalue weighted by Gasteiger charge is 2.33. The van der Waals surface area contributed by atoms with Crippen LogP contribution in [0.25, 0.3) is 0 Å². The number of hydrogen-bond acceptors (Lipinski definition) is 4. The Bertz CT molecular complexity index is 756. The third-order valence-corrected chi connectivity index (χ3v) is 4.74. The summed E-state index contributed by atoms with van der Waals surface area (Å²) in [6, 6.07) is 11.7. The molecule has 3 rings (SSSR count). The molecule has 2 aromatic carbocycles. The molecule has 5 heteroatoms. The van der Waals surface area contributed by atoms with Crippen molar-refractivity contribution in [1.82, 2.24) is 5.32 Å². The lowest BCUT2D eigenvalue weighted by molar-refractivity contribution is 0.0931. The van der Waals surface area contributed by atoms with Crippen molar-refractivity contribution in [2.75, 3.05) is 21.3 Å². The first kappa shape index (κ1) is 18.1. The van der Waals surface area contributed by atoms with E-state index in [9.17, 15) is 4.79 Å². The van der Waals surface area contributed by atoms with Crippen molar-refractivity contribution in [2.45, 2.75) is 25.8 Å². The molecule has 0 aromatic heterocycles. The molecular weight excluding hydrogens is 330 g/mol. The molecule has 26 heavy (non-hydrogen) atoms. The summed E-state index contributed by atoms with van der Waals surface area (Å²) < 4.78 is 16.0. The number of nitrogens with one attached hydrogen (secondary N) is 1. The fourth-order valence-corrected chi connectivity index (χ4v) is 3.11. The summed E-state index contributed by atoms with van der Waals surface area (Å²) in [4.78, 5) is 12.9. The van der Waals surface area contributed by atoms with Gasteiger partial charge in [-0.15, -0.1) is 0 Å². The summed E-state index contributed by atoms with van der Waals surface area (Å²) >= 11 is 0. The van der Waals surface area contributed by atoms with Gasteiger partial charge in [0.15, 0.2) is 11.5 Å². The molecular formula is C21H25NO4. The largest absolute Gasteiger partial charge is 0.493 e. The summed E-state index contributed by atoms with van der Waals surface area (Å²) in [5.41, 5.74) is 2.83. The quantitative estimate of drug-likeness (QED) is 0.818. The van der Waals surface area contributed by atoms with E-state index < -0.39 is 0 Å². The molecule has 1 aliphatic carbocycles. The maximum Gasteiger partial charge on any atom is 0.252 e. The number of carbonyl (C=O) groups excluding carboxylic acids is 1. The second-order valence-electron chi connectivity index (χ2n) is 6.61. The average Bonchev–Trinajstić information content (AvgIpc) is 3.50. The molecule has 0 radical (unpaired) electrons. The van der Waals surface area contributed by atoms with Crippen molar-refractivity contribution in [2.24, 2.45) is 5.92 Å². The second kappa shape index (κ2) is 7.68. The van der Waals surface area contributed by atoms with E-state index >= 15 is 0 Å². The van der Waals surface area contributed by atoms with Gasteiger partial charge in [0.05, 0.1) is 27.4 Å². The van der Waals surface area contributed by atoms with Crippen LogP contribution >= 0.6 is 0 Å². The van der Waals surface area contributed by atoms with Gasteiger partial charge in [-0.3, -0.25) is 4.79 Å². The first-order valence-corrected chi connectivity index (χ1v) is 8.74. The van der Waals surface area contributed by atoms with Crippen LogP contribution in [-0.2, 0) is 0 Å². The fraction of sp³-hybridized carbons (Fsp3) is 0.381. The molecule has 0 spiro atoms. The van der Waals surface area contributed by atoms with E-state index in [0.717, 1.165) is 18.4 Å². The third-order valence-electron chi connectivity index (χ3n) is 4.74. The lowest BCUT2D eigenvalue weighted by atomic mass is 10.0. The Balaban J connectivity index is 1.87. The zero-order valence-electron chi connectivity index (χ0n) is 15.7. The Hall–Kier alpha value is -2.69. The minimum Gasteiger partial charge on any atom is -0.493 e. The second-order valence-corrected chi connectivity index (χ2v) is 6.61. The van der Waals surface area contributed by atoms with Crippen LogP contribution in [0.5, 0.6) is 17.2 Å². The highest BCUT2D eigenvalue weighted by atomic mass is 16.5. The molecule has 0 saturated heterocycles. The Kier molecular flexibility index (Phi) is 5.35. The predicted octanol–water partition coefficient (Wildman–Crippen LogP) is 3.90. The Morgan fingerprint density at radius 3 is 2.04 bits per heavy atom. The maximum absolute atomic E-state index is 12.9. The van der Waals surface area contributed by atoms with E-state index in [4.69, 9.17) is 14.2 Å². The highest BCUT2D eigenvalue weighted by molar-refractivity contribution is 5.96. The van der Waals surface area contributed by atoms with Crippen LogP contribution < -0.4 is 19.5 Å². The molecule has 5 nitrogen and oxygen atoms in total. The molecule has 138 valence electrons. The van der Waals surface area contributed by atoms with Gasteiger partial charge in [-0.25, -0.2) is 0 Å². The van der Waals surface area contributed by atoms with Crippen LogP contribution in [0.1, 0.15) is 40.4 Å². The number of amides is 1. The fourth-order valence-electron chi connectivity index (χ4n) is 3.11. The number of aryl methyl sites for hydroxylation is 1. The summed E-state index contributed by atoms with van der Waals surface area (Å²) in [5, 5.41) is 3.18. The zero-order valence-corrected chi connectivity index (χ0v) is 15.7. The first-order valence-electron chi connectivity index (χ1n) is 8.74. The normalized spacial score (nSPS) is 14.5. The van der Waals surface area contributed by atoms with E-state index in [1.54, 1.807) is 19.2 Å². The Morgan fingerprint density at radius 1 is 1.00 bits per heavy atom. The molecule has 1 amide bonds. The third kappa shape index (κ3) is 3.77. The predicted molar refractivity (Wildman–Crippen MR) is 100 cm³/mol. The van der Waals surface area contributed by atoms with Gasteiger partial charge in [0.1, 0.15) is 0 Å². The lowest BCUT2D eigenvalue weighted by Crippen LogP contribution is -2.30. The van der Waals surface area contributed by atoms with Gasteiger partial charge in [0, 0.05) is 5.56 Å². The van der Waals surface area contributed by atoms with Crippen LogP contribution in [-0.4, -0.2) is 27.2 Å². The van der Waals surface area contributed by atoms with Gasteiger partial charge in [-0.1, -0.05) is 29.8 Å². The molecule has 1 aliphatic rings. The van der Waals surface area contributed by atoms with Crippen LogP contribution in [0.4, 0.5) is 0 Å². The minimum absolute atomic E-state index is 0.0159. The van der Waals surface area contributed by atoms with Crippen LogP contribution in [0.15, 0.2) is 36.4 Å². The lowest BCUT2D eigenvalue weighted by Gasteiger charge is -2.20. The smallest absolute Gasteiger partial charge is 0.252 e. The number of hydrogen-bond donors (Lipinski definition) is 1. The molecule has 2 aromatic rings. The van der Waals surface area contributed by atoms with E-state index in [0.29, 0.717) is 28.7 Å². The monoisotopic (exact) mass is 355 g/mol. The van der Waals surface area contributed by atoms with E-state index in [2.05, 4.69) is 36.5 Å². The summed E-state index contributed by atoms with van der Waals surface area (Å²) in [7, 11) is 4.62. The number of ether oxygens (including phenoxy) is 3. The van der Waals surface area contributed by atoms with Gasteiger partial charge in [0.25, 0.3) is 5.91 Å². The number of rotatable bonds is 7. The van der Waals surface area contributed by atoms with Gasteiger partial charge in [-0.05, 0) is 43.4 Å². The standard InChI is InChI=1S/C21H25NO4/c1-13-5-7-14(8-6-13)19(15-9-10-15)22-21(23)16-11-17(24-2)20(26-4)18(12-16)25-3/h5-8,11-12,15,19H,9-10H2,1-4H3,(H,22,23)/t19-/m1/s1. The summed E-state index contributed by atoms with van der Waals surface area (Å²) in [6.07, 6.45) is 2.27. The molecule has 1 saturated carbocycles. The van der Waals surface area contributed by atoms with Crippen molar-refractivity contribution >= 4 is 5.91 Å². The molecule has 0 aliphatic heterocycles.